The lowest BCUT2D eigenvalue weighted by molar-refractivity contribution is -0.107. The summed E-state index contributed by atoms with van der Waals surface area (Å²) >= 11 is 0. The summed E-state index contributed by atoms with van der Waals surface area (Å²) in [4.78, 5) is 10.2. The van der Waals surface area contributed by atoms with E-state index < -0.39 is 0 Å². The van der Waals surface area contributed by atoms with Crippen LogP contribution in [0.1, 0.15) is 28.7 Å². The van der Waals surface area contributed by atoms with Crippen molar-refractivity contribution in [2.75, 3.05) is 0 Å². The van der Waals surface area contributed by atoms with Crippen molar-refractivity contribution in [3.63, 3.8) is 0 Å². The fourth-order valence-corrected chi connectivity index (χ4v) is 1.50. The van der Waals surface area contributed by atoms with Gasteiger partial charge in [0.25, 0.3) is 0 Å². The van der Waals surface area contributed by atoms with Crippen LogP contribution in [-0.2, 0) is 11.2 Å². The molecule has 0 heterocycles. The molecule has 0 spiro atoms. The van der Waals surface area contributed by atoms with Crippen LogP contribution >= 0.6 is 0 Å². The zero-order valence-electron chi connectivity index (χ0n) is 8.55. The largest absolute Gasteiger partial charge is 0.303 e. The van der Waals surface area contributed by atoms with Crippen molar-refractivity contribution in [2.24, 2.45) is 0 Å². The molecule has 0 atom stereocenters. The first-order valence-corrected chi connectivity index (χ1v) is 4.66. The Balaban J connectivity index is 2.96. The summed E-state index contributed by atoms with van der Waals surface area (Å²) in [6, 6.07) is 4.25. The van der Waals surface area contributed by atoms with Crippen LogP contribution in [0.5, 0.6) is 0 Å². The topological polar surface area (TPSA) is 17.1 Å². The summed E-state index contributed by atoms with van der Waals surface area (Å²) in [5.74, 6) is 0. The van der Waals surface area contributed by atoms with Crippen LogP contribution in [0.2, 0.25) is 0 Å². The molecule has 13 heavy (non-hydrogen) atoms. The van der Waals surface area contributed by atoms with E-state index in [1.54, 1.807) is 0 Å². The van der Waals surface area contributed by atoms with E-state index in [0.29, 0.717) is 6.42 Å². The molecule has 1 rings (SSSR count). The summed E-state index contributed by atoms with van der Waals surface area (Å²) in [6.07, 6.45) is 2.48. The zero-order chi connectivity index (χ0) is 9.84. The molecule has 0 aliphatic carbocycles. The number of aryl methyl sites for hydroxylation is 2. The zero-order valence-corrected chi connectivity index (χ0v) is 8.55. The molecule has 1 aromatic carbocycles. The van der Waals surface area contributed by atoms with Gasteiger partial charge in [-0.2, -0.15) is 0 Å². The average Bonchev–Trinajstić information content (AvgIpc) is 2.13. The molecule has 0 N–H and O–H groups in total. The highest BCUT2D eigenvalue weighted by atomic mass is 16.1. The average molecular weight is 176 g/mol. The van der Waals surface area contributed by atoms with Gasteiger partial charge in [-0.3, -0.25) is 0 Å². The molecule has 70 valence electrons. The fraction of sp³-hybridized carbons (Fsp3) is 0.417. The van der Waals surface area contributed by atoms with Crippen LogP contribution < -0.4 is 0 Å². The molecule has 1 aromatic rings. The standard InChI is InChI=1S/C12H16O/c1-9-6-7-12(5-4-8-13)11(3)10(9)2/h6-8H,4-5H2,1-3H3. The summed E-state index contributed by atoms with van der Waals surface area (Å²) in [5.41, 5.74) is 5.31. The molecular weight excluding hydrogens is 160 g/mol. The van der Waals surface area contributed by atoms with E-state index in [2.05, 4.69) is 32.9 Å². The Morgan fingerprint density at radius 2 is 1.85 bits per heavy atom. The highest BCUT2D eigenvalue weighted by molar-refractivity contribution is 5.51. The van der Waals surface area contributed by atoms with E-state index in [9.17, 15) is 4.79 Å². The lowest BCUT2D eigenvalue weighted by Crippen LogP contribution is -1.95. The minimum atomic E-state index is 0.628. The van der Waals surface area contributed by atoms with E-state index in [0.717, 1.165) is 12.7 Å². The number of hydrogen-bond donors (Lipinski definition) is 0. The summed E-state index contributed by atoms with van der Waals surface area (Å²) in [6.45, 7) is 6.38. The molecule has 0 aliphatic rings. The van der Waals surface area contributed by atoms with Gasteiger partial charge in [-0.15, -0.1) is 0 Å². The Labute approximate surface area is 79.8 Å². The molecule has 0 aliphatic heterocycles. The lowest BCUT2D eigenvalue weighted by Gasteiger charge is -2.09. The quantitative estimate of drug-likeness (QED) is 0.647. The monoisotopic (exact) mass is 176 g/mol. The van der Waals surface area contributed by atoms with E-state index in [-0.39, 0.29) is 0 Å². The van der Waals surface area contributed by atoms with Gasteiger partial charge in [0.1, 0.15) is 6.29 Å². The third-order valence-electron chi connectivity index (χ3n) is 2.70. The number of carbonyl (C=O) groups excluding carboxylic acids is 1. The van der Waals surface area contributed by atoms with Crippen molar-refractivity contribution in [2.45, 2.75) is 33.6 Å². The van der Waals surface area contributed by atoms with E-state index in [1.807, 2.05) is 0 Å². The fourth-order valence-electron chi connectivity index (χ4n) is 1.50. The van der Waals surface area contributed by atoms with Gasteiger partial charge in [-0.05, 0) is 49.4 Å². The summed E-state index contributed by atoms with van der Waals surface area (Å²) in [5, 5.41) is 0. The van der Waals surface area contributed by atoms with Crippen molar-refractivity contribution in [1.82, 2.24) is 0 Å². The van der Waals surface area contributed by atoms with Gasteiger partial charge < -0.3 is 4.79 Å². The Morgan fingerprint density at radius 3 is 2.46 bits per heavy atom. The van der Waals surface area contributed by atoms with Crippen LogP contribution in [-0.4, -0.2) is 6.29 Å². The van der Waals surface area contributed by atoms with Gasteiger partial charge in [0, 0.05) is 6.42 Å². The Morgan fingerprint density at radius 1 is 1.15 bits per heavy atom. The van der Waals surface area contributed by atoms with Crippen molar-refractivity contribution >= 4 is 6.29 Å². The van der Waals surface area contributed by atoms with E-state index >= 15 is 0 Å². The van der Waals surface area contributed by atoms with Crippen LogP contribution in [0, 0.1) is 20.8 Å². The van der Waals surface area contributed by atoms with Gasteiger partial charge in [0.2, 0.25) is 0 Å². The first-order chi connectivity index (χ1) is 6.16. The molecule has 0 fully saturated rings. The molecule has 0 saturated carbocycles. The van der Waals surface area contributed by atoms with E-state index in [4.69, 9.17) is 0 Å². The SMILES string of the molecule is Cc1ccc(CCC=O)c(C)c1C. The van der Waals surface area contributed by atoms with Gasteiger partial charge in [0.15, 0.2) is 0 Å². The van der Waals surface area contributed by atoms with Crippen LogP contribution in [0.4, 0.5) is 0 Å². The van der Waals surface area contributed by atoms with E-state index in [1.165, 1.54) is 22.3 Å². The first kappa shape index (κ1) is 9.97. The van der Waals surface area contributed by atoms with Gasteiger partial charge in [-0.25, -0.2) is 0 Å². The first-order valence-electron chi connectivity index (χ1n) is 4.66. The maximum absolute atomic E-state index is 10.2. The summed E-state index contributed by atoms with van der Waals surface area (Å²) in [7, 11) is 0. The van der Waals surface area contributed by atoms with Crippen molar-refractivity contribution in [3.8, 4) is 0 Å². The Hall–Kier alpha value is -1.11. The third-order valence-corrected chi connectivity index (χ3v) is 2.70. The van der Waals surface area contributed by atoms with Crippen LogP contribution in [0.3, 0.4) is 0 Å². The number of rotatable bonds is 3. The third kappa shape index (κ3) is 2.18. The number of hydrogen-bond acceptors (Lipinski definition) is 1. The highest BCUT2D eigenvalue weighted by Crippen LogP contribution is 2.17. The number of aldehydes is 1. The van der Waals surface area contributed by atoms with Crippen molar-refractivity contribution in [1.29, 1.82) is 0 Å². The smallest absolute Gasteiger partial charge is 0.120 e. The molecule has 0 radical (unpaired) electrons. The predicted octanol–water partition coefficient (Wildman–Crippen LogP) is 2.74. The Kier molecular flexibility index (Phi) is 3.24. The molecule has 1 nitrogen and oxygen atoms in total. The van der Waals surface area contributed by atoms with Gasteiger partial charge in [-0.1, -0.05) is 12.1 Å². The molecular formula is C12H16O. The van der Waals surface area contributed by atoms with Crippen molar-refractivity contribution < 1.29 is 4.79 Å². The number of benzene rings is 1. The molecule has 0 amide bonds. The van der Waals surface area contributed by atoms with Crippen LogP contribution in [0.15, 0.2) is 12.1 Å². The second-order valence-corrected chi connectivity index (χ2v) is 3.50. The second kappa shape index (κ2) is 4.22. The second-order valence-electron chi connectivity index (χ2n) is 3.50. The van der Waals surface area contributed by atoms with Crippen molar-refractivity contribution in [3.05, 3.63) is 34.4 Å². The molecule has 0 saturated heterocycles. The minimum Gasteiger partial charge on any atom is -0.303 e. The highest BCUT2D eigenvalue weighted by Gasteiger charge is 2.02. The molecule has 0 unspecified atom stereocenters. The van der Waals surface area contributed by atoms with Gasteiger partial charge >= 0.3 is 0 Å². The maximum Gasteiger partial charge on any atom is 0.120 e. The molecule has 0 bridgehead atoms. The lowest BCUT2D eigenvalue weighted by atomic mass is 9.96. The summed E-state index contributed by atoms with van der Waals surface area (Å²) < 4.78 is 0. The van der Waals surface area contributed by atoms with Crippen LogP contribution in [0.25, 0.3) is 0 Å². The number of carbonyl (C=O) groups is 1. The normalized spacial score (nSPS) is 10.1. The minimum absolute atomic E-state index is 0.628. The Bertz CT molecular complexity index is 313. The molecule has 0 aromatic heterocycles. The van der Waals surface area contributed by atoms with Gasteiger partial charge in [0.05, 0.1) is 0 Å². The maximum atomic E-state index is 10.2. The molecule has 1 heteroatoms. The predicted molar refractivity (Wildman–Crippen MR) is 55.0 cm³/mol.